The molecule has 0 saturated carbocycles. The monoisotopic (exact) mass is 315 g/mol. The van der Waals surface area contributed by atoms with Gasteiger partial charge in [-0.05, 0) is 31.2 Å². The van der Waals surface area contributed by atoms with E-state index in [1.54, 1.807) is 12.3 Å². The predicted octanol–water partition coefficient (Wildman–Crippen LogP) is 3.07. The first-order valence-electron chi connectivity index (χ1n) is 6.51. The van der Waals surface area contributed by atoms with Crippen LogP contribution in [-0.4, -0.2) is 39.1 Å². The summed E-state index contributed by atoms with van der Waals surface area (Å²) in [5.74, 6) is 0.518. The van der Waals surface area contributed by atoms with Crippen LogP contribution < -0.4 is 5.32 Å². The number of hydrogen-bond acceptors (Lipinski definition) is 4. The van der Waals surface area contributed by atoms with E-state index in [0.29, 0.717) is 17.0 Å². The third-order valence-corrected chi connectivity index (χ3v) is 4.53. The van der Waals surface area contributed by atoms with Gasteiger partial charge in [0.1, 0.15) is 0 Å². The second kappa shape index (κ2) is 8.32. The van der Waals surface area contributed by atoms with Crippen molar-refractivity contribution in [1.29, 1.82) is 0 Å². The Bertz CT molecular complexity index is 491. The SMILES string of the molecule is CCSc1cccc(NC(C)CCS(C)=O)c1C(=O)O. The highest BCUT2D eigenvalue weighted by molar-refractivity contribution is 7.99. The van der Waals surface area contributed by atoms with Crippen molar-refractivity contribution in [3.8, 4) is 0 Å². The zero-order valence-corrected chi connectivity index (χ0v) is 13.6. The summed E-state index contributed by atoms with van der Waals surface area (Å²) in [5, 5.41) is 12.6. The highest BCUT2D eigenvalue weighted by Crippen LogP contribution is 2.29. The molecule has 0 aliphatic carbocycles. The van der Waals surface area contributed by atoms with Crippen LogP contribution in [0.15, 0.2) is 23.1 Å². The van der Waals surface area contributed by atoms with Gasteiger partial charge in [-0.3, -0.25) is 4.21 Å². The maximum Gasteiger partial charge on any atom is 0.338 e. The van der Waals surface area contributed by atoms with Gasteiger partial charge in [-0.25, -0.2) is 4.79 Å². The van der Waals surface area contributed by atoms with Crippen molar-refractivity contribution in [2.75, 3.05) is 23.1 Å². The summed E-state index contributed by atoms with van der Waals surface area (Å²) in [7, 11) is -0.826. The normalized spacial score (nSPS) is 13.8. The van der Waals surface area contributed by atoms with Crippen LogP contribution >= 0.6 is 11.8 Å². The summed E-state index contributed by atoms with van der Waals surface area (Å²) in [6.45, 7) is 3.97. The number of rotatable bonds is 8. The topological polar surface area (TPSA) is 66.4 Å². The molecule has 0 heterocycles. The molecule has 0 radical (unpaired) electrons. The van der Waals surface area contributed by atoms with Crippen LogP contribution in [0.4, 0.5) is 5.69 Å². The second-order valence-corrected chi connectivity index (χ2v) is 7.39. The molecule has 0 spiro atoms. The fourth-order valence-electron chi connectivity index (χ4n) is 1.83. The Labute approximate surface area is 126 Å². The summed E-state index contributed by atoms with van der Waals surface area (Å²) in [4.78, 5) is 12.2. The first-order valence-corrected chi connectivity index (χ1v) is 9.22. The molecule has 4 nitrogen and oxygen atoms in total. The van der Waals surface area contributed by atoms with Crippen LogP contribution in [0.25, 0.3) is 0 Å². The van der Waals surface area contributed by atoms with E-state index in [0.717, 1.165) is 17.1 Å². The van der Waals surface area contributed by atoms with Gasteiger partial charge < -0.3 is 10.4 Å². The number of nitrogens with one attached hydrogen (secondary N) is 1. The van der Waals surface area contributed by atoms with Crippen LogP contribution in [-0.2, 0) is 10.8 Å². The lowest BCUT2D eigenvalue weighted by Crippen LogP contribution is -2.20. The van der Waals surface area contributed by atoms with Crippen molar-refractivity contribution in [3.05, 3.63) is 23.8 Å². The van der Waals surface area contributed by atoms with E-state index < -0.39 is 16.8 Å². The van der Waals surface area contributed by atoms with Crippen molar-refractivity contribution in [2.45, 2.75) is 31.2 Å². The van der Waals surface area contributed by atoms with Gasteiger partial charge in [0, 0.05) is 33.7 Å². The zero-order chi connectivity index (χ0) is 15.1. The second-order valence-electron chi connectivity index (χ2n) is 4.53. The highest BCUT2D eigenvalue weighted by atomic mass is 32.2. The molecule has 1 aromatic rings. The Morgan fingerprint density at radius 1 is 1.50 bits per heavy atom. The Hall–Kier alpha value is -1.01. The number of carbonyl (C=O) groups is 1. The highest BCUT2D eigenvalue weighted by Gasteiger charge is 2.16. The summed E-state index contributed by atoms with van der Waals surface area (Å²) in [6.07, 6.45) is 2.42. The average molecular weight is 315 g/mol. The summed E-state index contributed by atoms with van der Waals surface area (Å²) >= 11 is 1.52. The van der Waals surface area contributed by atoms with Crippen molar-refractivity contribution >= 4 is 34.2 Å². The van der Waals surface area contributed by atoms with Crippen LogP contribution in [0.1, 0.15) is 30.6 Å². The molecule has 0 aliphatic rings. The Morgan fingerprint density at radius 3 is 2.75 bits per heavy atom. The van der Waals surface area contributed by atoms with E-state index in [9.17, 15) is 14.1 Å². The van der Waals surface area contributed by atoms with Crippen LogP contribution in [0.3, 0.4) is 0 Å². The van der Waals surface area contributed by atoms with Gasteiger partial charge in [0.15, 0.2) is 0 Å². The number of thioether (sulfide) groups is 1. The lowest BCUT2D eigenvalue weighted by Gasteiger charge is -2.18. The molecule has 20 heavy (non-hydrogen) atoms. The van der Waals surface area contributed by atoms with Crippen LogP contribution in [0, 0.1) is 0 Å². The van der Waals surface area contributed by atoms with E-state index in [-0.39, 0.29) is 6.04 Å². The molecular weight excluding hydrogens is 294 g/mol. The quantitative estimate of drug-likeness (QED) is 0.722. The van der Waals surface area contributed by atoms with E-state index in [1.807, 2.05) is 26.0 Å². The molecule has 0 saturated heterocycles. The molecule has 0 fully saturated rings. The summed E-state index contributed by atoms with van der Waals surface area (Å²) in [5.41, 5.74) is 0.953. The van der Waals surface area contributed by atoms with Gasteiger partial charge in [0.2, 0.25) is 0 Å². The number of anilines is 1. The van der Waals surface area contributed by atoms with Gasteiger partial charge >= 0.3 is 5.97 Å². The molecule has 1 rings (SSSR count). The number of aromatic carboxylic acids is 1. The van der Waals surface area contributed by atoms with Gasteiger partial charge in [0.25, 0.3) is 0 Å². The largest absolute Gasteiger partial charge is 0.478 e. The minimum absolute atomic E-state index is 0.0823. The summed E-state index contributed by atoms with van der Waals surface area (Å²) < 4.78 is 11.1. The number of hydrogen-bond donors (Lipinski definition) is 2. The molecule has 0 amide bonds. The summed E-state index contributed by atoms with van der Waals surface area (Å²) in [6, 6.07) is 5.55. The van der Waals surface area contributed by atoms with E-state index in [1.165, 1.54) is 11.8 Å². The maximum absolute atomic E-state index is 11.5. The van der Waals surface area contributed by atoms with Gasteiger partial charge in [-0.2, -0.15) is 0 Å². The van der Waals surface area contributed by atoms with Crippen molar-refractivity contribution in [1.82, 2.24) is 0 Å². The zero-order valence-electron chi connectivity index (χ0n) is 12.0. The molecule has 0 aliphatic heterocycles. The number of carboxylic acids is 1. The smallest absolute Gasteiger partial charge is 0.338 e. The molecule has 1 aromatic carbocycles. The average Bonchev–Trinajstić information content (AvgIpc) is 2.36. The molecule has 6 heteroatoms. The van der Waals surface area contributed by atoms with Crippen LogP contribution in [0.5, 0.6) is 0 Å². The van der Waals surface area contributed by atoms with Gasteiger partial charge in [0.05, 0.1) is 11.3 Å². The third kappa shape index (κ3) is 5.17. The molecule has 2 N–H and O–H groups in total. The number of benzene rings is 1. The fraction of sp³-hybridized carbons (Fsp3) is 0.500. The van der Waals surface area contributed by atoms with Crippen molar-refractivity contribution in [2.24, 2.45) is 0 Å². The standard InChI is InChI=1S/C14H21NO3S2/c1-4-19-12-7-5-6-11(13(12)14(16)17)15-10(2)8-9-20(3)18/h5-7,10,15H,4,8-9H2,1-3H3,(H,16,17). The first kappa shape index (κ1) is 17.0. The predicted molar refractivity (Wildman–Crippen MR) is 86.4 cm³/mol. The molecular formula is C14H21NO3S2. The van der Waals surface area contributed by atoms with Crippen molar-refractivity contribution < 1.29 is 14.1 Å². The lowest BCUT2D eigenvalue weighted by atomic mass is 10.1. The Balaban J connectivity index is 2.90. The Kier molecular flexibility index (Phi) is 7.09. The van der Waals surface area contributed by atoms with E-state index in [4.69, 9.17) is 0 Å². The van der Waals surface area contributed by atoms with Crippen molar-refractivity contribution in [3.63, 3.8) is 0 Å². The van der Waals surface area contributed by atoms with Gasteiger partial charge in [-0.15, -0.1) is 11.8 Å². The molecule has 2 unspecified atom stereocenters. The maximum atomic E-state index is 11.5. The fourth-order valence-corrected chi connectivity index (χ4v) is 3.34. The van der Waals surface area contributed by atoms with E-state index in [2.05, 4.69) is 5.32 Å². The first-order chi connectivity index (χ1) is 9.45. The lowest BCUT2D eigenvalue weighted by molar-refractivity contribution is 0.0694. The minimum atomic E-state index is -0.921. The molecule has 112 valence electrons. The Morgan fingerprint density at radius 2 is 2.20 bits per heavy atom. The minimum Gasteiger partial charge on any atom is -0.478 e. The van der Waals surface area contributed by atoms with E-state index >= 15 is 0 Å². The van der Waals surface area contributed by atoms with Crippen LogP contribution in [0.2, 0.25) is 0 Å². The molecule has 2 atom stereocenters. The van der Waals surface area contributed by atoms with Gasteiger partial charge in [-0.1, -0.05) is 13.0 Å². The third-order valence-electron chi connectivity index (χ3n) is 2.78. The number of carboxylic acid groups (broad SMARTS) is 1. The molecule has 0 aromatic heterocycles. The molecule has 0 bridgehead atoms.